The van der Waals surface area contributed by atoms with E-state index in [0.717, 1.165) is 12.8 Å². The fourth-order valence-corrected chi connectivity index (χ4v) is 0.768. The van der Waals surface area contributed by atoms with Crippen LogP contribution in [0.5, 0.6) is 0 Å². The van der Waals surface area contributed by atoms with Crippen LogP contribution in [0.15, 0.2) is 0 Å². The first-order valence-corrected chi connectivity index (χ1v) is 4.23. The van der Waals surface area contributed by atoms with E-state index in [1.165, 1.54) is 12.8 Å². The Bertz CT molecular complexity index is 127. The second-order valence-corrected chi connectivity index (χ2v) is 2.45. The maximum Gasteiger partial charge on any atom is 0.290 e. The molecule has 0 heterocycles. The summed E-state index contributed by atoms with van der Waals surface area (Å²) < 4.78 is 0. The quantitative estimate of drug-likeness (QED) is 0.263. The third-order valence-electron chi connectivity index (χ3n) is 1.38. The van der Waals surface area contributed by atoms with Gasteiger partial charge in [0.2, 0.25) is 5.91 Å². The van der Waals surface area contributed by atoms with Gasteiger partial charge in [-0.2, -0.15) is 0 Å². The van der Waals surface area contributed by atoms with E-state index in [1.54, 1.807) is 5.48 Å². The molecule has 0 spiro atoms. The summed E-state index contributed by atoms with van der Waals surface area (Å²) in [6.45, 7) is 1.87. The van der Waals surface area contributed by atoms with Crippen LogP contribution in [0.2, 0.25) is 0 Å². The summed E-state index contributed by atoms with van der Waals surface area (Å²) >= 11 is 0. The summed E-state index contributed by atoms with van der Waals surface area (Å²) in [6, 6.07) is 0. The van der Waals surface area contributed by atoms with Gasteiger partial charge in [0.1, 0.15) is 0 Å². The number of carbonyl (C=O) groups is 2. The highest BCUT2D eigenvalue weighted by molar-refractivity contribution is 5.74. The highest BCUT2D eigenvalue weighted by atomic mass is 16.5. The summed E-state index contributed by atoms with van der Waals surface area (Å²) in [5, 5.41) is 15.0. The van der Waals surface area contributed by atoms with Gasteiger partial charge in [0.25, 0.3) is 6.47 Å². The third-order valence-corrected chi connectivity index (χ3v) is 1.38. The molecule has 1 amide bonds. The highest BCUT2D eigenvalue weighted by Gasteiger charge is 1.96. The molecule has 0 saturated carbocycles. The lowest BCUT2D eigenvalue weighted by molar-refractivity contribution is -0.129. The van der Waals surface area contributed by atoms with Gasteiger partial charge in [0.05, 0.1) is 0 Å². The van der Waals surface area contributed by atoms with Crippen molar-refractivity contribution in [2.45, 2.75) is 39.0 Å². The van der Waals surface area contributed by atoms with E-state index < -0.39 is 0 Å². The Morgan fingerprint density at radius 3 is 2.31 bits per heavy atom. The lowest BCUT2D eigenvalue weighted by atomic mass is 10.1. The second-order valence-electron chi connectivity index (χ2n) is 2.45. The minimum atomic E-state index is -0.281. The molecule has 0 bridgehead atoms. The van der Waals surface area contributed by atoms with Crippen molar-refractivity contribution < 1.29 is 19.9 Å². The smallest absolute Gasteiger partial charge is 0.290 e. The first-order chi connectivity index (χ1) is 6.22. The van der Waals surface area contributed by atoms with Crippen molar-refractivity contribution >= 4 is 12.4 Å². The second kappa shape index (κ2) is 13.5. The van der Waals surface area contributed by atoms with Gasteiger partial charge < -0.3 is 5.11 Å². The van der Waals surface area contributed by atoms with Gasteiger partial charge in [-0.1, -0.05) is 26.2 Å². The highest BCUT2D eigenvalue weighted by Crippen LogP contribution is 2.01. The first kappa shape index (κ1) is 14.4. The average molecular weight is 191 g/mol. The van der Waals surface area contributed by atoms with Gasteiger partial charge >= 0.3 is 0 Å². The van der Waals surface area contributed by atoms with Crippen LogP contribution in [-0.4, -0.2) is 22.7 Å². The fourth-order valence-electron chi connectivity index (χ4n) is 0.768. The molecular formula is C8H17NO4. The Morgan fingerprint density at radius 1 is 1.38 bits per heavy atom. The normalized spacial score (nSPS) is 8.15. The Balaban J connectivity index is 0. The Hall–Kier alpha value is -1.10. The van der Waals surface area contributed by atoms with Crippen molar-refractivity contribution in [3.8, 4) is 0 Å². The minimum Gasteiger partial charge on any atom is -0.483 e. The van der Waals surface area contributed by atoms with Gasteiger partial charge in [0.15, 0.2) is 0 Å². The van der Waals surface area contributed by atoms with E-state index in [-0.39, 0.29) is 12.4 Å². The van der Waals surface area contributed by atoms with Gasteiger partial charge in [-0.3, -0.25) is 14.8 Å². The summed E-state index contributed by atoms with van der Waals surface area (Å²) in [5.41, 5.74) is 1.60. The first-order valence-electron chi connectivity index (χ1n) is 4.23. The standard InChI is InChI=1S/C7H15NO2.CH2O2/c1-2-3-4-5-6-7(9)8-10;2-1-3/h10H,2-6H2,1H3,(H,8,9);1H,(H,2,3). The molecule has 0 unspecified atom stereocenters. The molecule has 5 heteroatoms. The predicted octanol–water partition coefficient (Wildman–Crippen LogP) is 1.16. The maximum atomic E-state index is 10.4. The monoisotopic (exact) mass is 191 g/mol. The molecule has 0 radical (unpaired) electrons. The zero-order valence-corrected chi connectivity index (χ0v) is 7.82. The molecule has 0 saturated heterocycles. The molecule has 0 aliphatic heterocycles. The van der Waals surface area contributed by atoms with Crippen molar-refractivity contribution in [2.75, 3.05) is 0 Å². The largest absolute Gasteiger partial charge is 0.483 e. The molecule has 0 fully saturated rings. The number of carboxylic acid groups (broad SMARTS) is 1. The van der Waals surface area contributed by atoms with Crippen LogP contribution in [-0.2, 0) is 9.59 Å². The van der Waals surface area contributed by atoms with Gasteiger partial charge in [-0.15, -0.1) is 0 Å². The van der Waals surface area contributed by atoms with Crippen molar-refractivity contribution in [2.24, 2.45) is 0 Å². The molecule has 0 aromatic carbocycles. The zero-order chi connectivity index (χ0) is 10.5. The minimum absolute atomic E-state index is 0.250. The maximum absolute atomic E-state index is 10.4. The van der Waals surface area contributed by atoms with Crippen LogP contribution in [0.25, 0.3) is 0 Å². The van der Waals surface area contributed by atoms with Gasteiger partial charge in [-0.05, 0) is 6.42 Å². The van der Waals surface area contributed by atoms with Crippen LogP contribution in [0.4, 0.5) is 0 Å². The molecule has 3 N–H and O–H groups in total. The molecule has 5 nitrogen and oxygen atoms in total. The van der Waals surface area contributed by atoms with Crippen LogP contribution < -0.4 is 5.48 Å². The van der Waals surface area contributed by atoms with E-state index >= 15 is 0 Å². The average Bonchev–Trinajstić information content (AvgIpc) is 2.13. The molecule has 13 heavy (non-hydrogen) atoms. The summed E-state index contributed by atoms with van der Waals surface area (Å²) in [7, 11) is 0. The van der Waals surface area contributed by atoms with Crippen molar-refractivity contribution in [1.29, 1.82) is 0 Å². The van der Waals surface area contributed by atoms with E-state index in [9.17, 15) is 4.79 Å². The third kappa shape index (κ3) is 18.1. The number of hydrogen-bond donors (Lipinski definition) is 3. The summed E-state index contributed by atoms with van der Waals surface area (Å²) in [4.78, 5) is 18.8. The van der Waals surface area contributed by atoms with E-state index in [1.807, 2.05) is 0 Å². The van der Waals surface area contributed by atoms with E-state index in [4.69, 9.17) is 15.1 Å². The molecule has 0 aliphatic carbocycles. The molecule has 78 valence electrons. The number of amides is 1. The molecule has 0 atom stereocenters. The molecule has 0 rings (SSSR count). The summed E-state index contributed by atoms with van der Waals surface area (Å²) in [5.74, 6) is -0.281. The van der Waals surface area contributed by atoms with Crippen LogP contribution >= 0.6 is 0 Å². The number of carbonyl (C=O) groups excluding carboxylic acids is 1. The lowest BCUT2D eigenvalue weighted by Crippen LogP contribution is -2.17. The number of unbranched alkanes of at least 4 members (excludes halogenated alkanes) is 3. The Kier molecular flexibility index (Phi) is 15.0. The predicted molar refractivity (Wildman–Crippen MR) is 47.4 cm³/mol. The summed E-state index contributed by atoms with van der Waals surface area (Å²) in [6.07, 6.45) is 4.72. The van der Waals surface area contributed by atoms with Crippen LogP contribution in [0, 0.1) is 0 Å². The molecular weight excluding hydrogens is 174 g/mol. The fraction of sp³-hybridized carbons (Fsp3) is 0.750. The van der Waals surface area contributed by atoms with Gasteiger partial charge in [-0.25, -0.2) is 5.48 Å². The lowest BCUT2D eigenvalue weighted by Gasteiger charge is -1.96. The number of hydroxylamine groups is 1. The van der Waals surface area contributed by atoms with Crippen molar-refractivity contribution in [3.05, 3.63) is 0 Å². The number of hydrogen-bond acceptors (Lipinski definition) is 3. The van der Waals surface area contributed by atoms with Crippen LogP contribution in [0.1, 0.15) is 39.0 Å². The Labute approximate surface area is 77.7 Å². The van der Waals surface area contributed by atoms with Gasteiger partial charge in [0, 0.05) is 6.42 Å². The van der Waals surface area contributed by atoms with Crippen LogP contribution in [0.3, 0.4) is 0 Å². The van der Waals surface area contributed by atoms with Crippen molar-refractivity contribution in [1.82, 2.24) is 5.48 Å². The Morgan fingerprint density at radius 2 is 1.92 bits per heavy atom. The number of rotatable bonds is 5. The molecule has 0 aromatic rings. The SMILES string of the molecule is CCCCCCC(=O)NO.O=CO. The number of nitrogens with one attached hydrogen (secondary N) is 1. The zero-order valence-electron chi connectivity index (χ0n) is 7.82. The van der Waals surface area contributed by atoms with Crippen molar-refractivity contribution in [3.63, 3.8) is 0 Å². The molecule has 0 aromatic heterocycles. The van der Waals surface area contributed by atoms with E-state index in [2.05, 4.69) is 6.92 Å². The van der Waals surface area contributed by atoms with E-state index in [0.29, 0.717) is 6.42 Å². The topological polar surface area (TPSA) is 86.6 Å². The molecule has 0 aliphatic rings.